The van der Waals surface area contributed by atoms with E-state index in [-0.39, 0.29) is 11.9 Å². The third kappa shape index (κ3) is 3.14. The van der Waals surface area contributed by atoms with Gasteiger partial charge in [-0.1, -0.05) is 0 Å². The first-order chi connectivity index (χ1) is 10.1. The minimum atomic E-state index is -0.230. The maximum atomic E-state index is 13.0. The molecule has 1 aromatic heterocycles. The monoisotopic (exact) mass is 288 g/mol. The highest BCUT2D eigenvalue weighted by atomic mass is 19.1. The van der Waals surface area contributed by atoms with Crippen LogP contribution in [0, 0.1) is 11.7 Å². The van der Waals surface area contributed by atoms with Crippen LogP contribution in [-0.4, -0.2) is 33.8 Å². The molecule has 2 heterocycles. The molecule has 3 rings (SSSR count). The Bertz CT molecular complexity index is 591. The number of benzene rings is 1. The minimum Gasteiger partial charge on any atom is -0.328 e. The average Bonchev–Trinajstić information content (AvgIpc) is 3.10. The molecule has 1 aromatic carbocycles. The van der Waals surface area contributed by atoms with Gasteiger partial charge in [0.15, 0.2) is 0 Å². The Morgan fingerprint density at radius 2 is 2.10 bits per heavy atom. The largest absolute Gasteiger partial charge is 0.328 e. The summed E-state index contributed by atoms with van der Waals surface area (Å²) in [6, 6.07) is 8.69. The first-order valence-corrected chi connectivity index (χ1v) is 7.40. The third-order valence-electron chi connectivity index (χ3n) is 4.23. The van der Waals surface area contributed by atoms with Crippen LogP contribution in [0.2, 0.25) is 0 Å². The van der Waals surface area contributed by atoms with Crippen molar-refractivity contribution in [3.05, 3.63) is 48.0 Å². The number of rotatable bonds is 4. The predicted molar refractivity (Wildman–Crippen MR) is 80.6 cm³/mol. The highest BCUT2D eigenvalue weighted by Gasteiger charge is 2.25. The summed E-state index contributed by atoms with van der Waals surface area (Å²) in [5.74, 6) is 0.346. The van der Waals surface area contributed by atoms with Crippen LogP contribution in [0.4, 0.5) is 4.39 Å². The van der Waals surface area contributed by atoms with Gasteiger partial charge >= 0.3 is 0 Å². The van der Waals surface area contributed by atoms with Gasteiger partial charge < -0.3 is 5.73 Å². The van der Waals surface area contributed by atoms with Gasteiger partial charge in [-0.15, -0.1) is 0 Å². The van der Waals surface area contributed by atoms with Crippen molar-refractivity contribution in [2.75, 3.05) is 13.1 Å². The van der Waals surface area contributed by atoms with Crippen molar-refractivity contribution in [1.82, 2.24) is 14.7 Å². The standard InChI is InChI=1S/C16H21FN4/c1-12(18)13-7-9-20(10-13)11-16-6-8-19-21(16)15-4-2-14(17)3-5-15/h2-6,8,12-13H,7,9-11,18H2,1H3. The summed E-state index contributed by atoms with van der Waals surface area (Å²) in [6.07, 6.45) is 2.94. The number of nitrogens with two attached hydrogens (primary N) is 1. The Morgan fingerprint density at radius 1 is 1.33 bits per heavy atom. The molecule has 2 N–H and O–H groups in total. The second-order valence-electron chi connectivity index (χ2n) is 5.85. The molecule has 1 saturated heterocycles. The van der Waals surface area contributed by atoms with E-state index in [4.69, 9.17) is 5.73 Å². The van der Waals surface area contributed by atoms with Gasteiger partial charge in [-0.3, -0.25) is 4.90 Å². The molecule has 4 nitrogen and oxygen atoms in total. The van der Waals surface area contributed by atoms with E-state index in [1.54, 1.807) is 18.3 Å². The molecular weight excluding hydrogens is 267 g/mol. The lowest BCUT2D eigenvalue weighted by Crippen LogP contribution is -2.29. The van der Waals surface area contributed by atoms with Crippen molar-refractivity contribution >= 4 is 0 Å². The predicted octanol–water partition coefficient (Wildman–Crippen LogP) is 2.18. The molecule has 112 valence electrons. The molecule has 0 bridgehead atoms. The molecule has 1 aliphatic rings. The van der Waals surface area contributed by atoms with Crippen molar-refractivity contribution in [3.63, 3.8) is 0 Å². The zero-order valence-corrected chi connectivity index (χ0v) is 12.2. The Labute approximate surface area is 124 Å². The van der Waals surface area contributed by atoms with Crippen molar-refractivity contribution in [2.45, 2.75) is 25.9 Å². The lowest BCUT2D eigenvalue weighted by Gasteiger charge is -2.18. The van der Waals surface area contributed by atoms with E-state index in [1.165, 1.54) is 12.1 Å². The zero-order valence-electron chi connectivity index (χ0n) is 12.2. The maximum Gasteiger partial charge on any atom is 0.123 e. The van der Waals surface area contributed by atoms with E-state index in [9.17, 15) is 4.39 Å². The molecule has 5 heteroatoms. The fourth-order valence-corrected chi connectivity index (χ4v) is 2.93. The van der Waals surface area contributed by atoms with Crippen LogP contribution in [-0.2, 0) is 6.54 Å². The SMILES string of the molecule is CC(N)C1CCN(Cc2ccnn2-c2ccc(F)cc2)C1. The molecule has 2 atom stereocenters. The number of halogens is 1. The summed E-state index contributed by atoms with van der Waals surface area (Å²) in [6.45, 7) is 5.03. The van der Waals surface area contributed by atoms with Gasteiger partial charge in [0.25, 0.3) is 0 Å². The van der Waals surface area contributed by atoms with Crippen molar-refractivity contribution in [2.24, 2.45) is 11.7 Å². The minimum absolute atomic E-state index is 0.230. The van der Waals surface area contributed by atoms with Gasteiger partial charge in [0.05, 0.1) is 11.4 Å². The molecule has 0 amide bonds. The van der Waals surface area contributed by atoms with Crippen LogP contribution in [0.5, 0.6) is 0 Å². The van der Waals surface area contributed by atoms with E-state index in [0.29, 0.717) is 5.92 Å². The highest BCUT2D eigenvalue weighted by Crippen LogP contribution is 2.21. The van der Waals surface area contributed by atoms with Crippen molar-refractivity contribution < 1.29 is 4.39 Å². The van der Waals surface area contributed by atoms with Gasteiger partial charge in [-0.05, 0) is 56.1 Å². The summed E-state index contributed by atoms with van der Waals surface area (Å²) in [5.41, 5.74) is 7.99. The number of likely N-dealkylation sites (tertiary alicyclic amines) is 1. The van der Waals surface area contributed by atoms with Crippen LogP contribution in [0.3, 0.4) is 0 Å². The molecule has 21 heavy (non-hydrogen) atoms. The van der Waals surface area contributed by atoms with Gasteiger partial charge in [-0.25, -0.2) is 9.07 Å². The highest BCUT2D eigenvalue weighted by molar-refractivity contribution is 5.32. The Morgan fingerprint density at radius 3 is 2.76 bits per heavy atom. The number of nitrogens with zero attached hydrogens (tertiary/aromatic N) is 3. The van der Waals surface area contributed by atoms with Crippen molar-refractivity contribution in [3.8, 4) is 5.69 Å². The van der Waals surface area contributed by atoms with Gasteiger partial charge in [0.2, 0.25) is 0 Å². The normalized spacial score (nSPS) is 20.8. The summed E-state index contributed by atoms with van der Waals surface area (Å²) in [5, 5.41) is 4.36. The summed E-state index contributed by atoms with van der Waals surface area (Å²) >= 11 is 0. The van der Waals surface area contributed by atoms with Gasteiger partial charge in [-0.2, -0.15) is 5.10 Å². The molecule has 1 aliphatic heterocycles. The Hall–Kier alpha value is -1.72. The number of hydrogen-bond acceptors (Lipinski definition) is 3. The fraction of sp³-hybridized carbons (Fsp3) is 0.438. The molecular formula is C16H21FN4. The zero-order chi connectivity index (χ0) is 14.8. The molecule has 0 spiro atoms. The molecule has 2 unspecified atom stereocenters. The number of aromatic nitrogens is 2. The third-order valence-corrected chi connectivity index (χ3v) is 4.23. The van der Waals surface area contributed by atoms with Crippen molar-refractivity contribution in [1.29, 1.82) is 0 Å². The van der Waals surface area contributed by atoms with E-state index in [2.05, 4.69) is 16.9 Å². The summed E-state index contributed by atoms with van der Waals surface area (Å²) < 4.78 is 14.9. The quantitative estimate of drug-likeness (QED) is 0.938. The van der Waals surface area contributed by atoms with E-state index in [1.807, 2.05) is 10.7 Å². The Balaban J connectivity index is 1.73. The van der Waals surface area contributed by atoms with Crippen LogP contribution < -0.4 is 5.73 Å². The van der Waals surface area contributed by atoms with Crippen LogP contribution >= 0.6 is 0 Å². The summed E-state index contributed by atoms with van der Waals surface area (Å²) in [7, 11) is 0. The van der Waals surface area contributed by atoms with Gasteiger partial charge in [0.1, 0.15) is 5.82 Å². The van der Waals surface area contributed by atoms with Crippen LogP contribution in [0.1, 0.15) is 19.0 Å². The number of hydrogen-bond donors (Lipinski definition) is 1. The topological polar surface area (TPSA) is 47.1 Å². The molecule has 1 fully saturated rings. The second-order valence-corrected chi connectivity index (χ2v) is 5.85. The van der Waals surface area contributed by atoms with E-state index < -0.39 is 0 Å². The second kappa shape index (κ2) is 5.95. The van der Waals surface area contributed by atoms with Crippen LogP contribution in [0.25, 0.3) is 5.69 Å². The van der Waals surface area contributed by atoms with E-state index in [0.717, 1.165) is 37.4 Å². The van der Waals surface area contributed by atoms with Gasteiger partial charge in [0, 0.05) is 25.3 Å². The first-order valence-electron chi connectivity index (χ1n) is 7.40. The molecule has 0 aliphatic carbocycles. The average molecular weight is 288 g/mol. The lowest BCUT2D eigenvalue weighted by atomic mass is 10.0. The smallest absolute Gasteiger partial charge is 0.123 e. The Kier molecular flexibility index (Phi) is 4.03. The molecule has 0 radical (unpaired) electrons. The fourth-order valence-electron chi connectivity index (χ4n) is 2.93. The van der Waals surface area contributed by atoms with E-state index >= 15 is 0 Å². The first kappa shape index (κ1) is 14.2. The van der Waals surface area contributed by atoms with Crippen LogP contribution in [0.15, 0.2) is 36.5 Å². The molecule has 2 aromatic rings. The lowest BCUT2D eigenvalue weighted by molar-refractivity contribution is 0.302. The molecule has 0 saturated carbocycles. The maximum absolute atomic E-state index is 13.0. The summed E-state index contributed by atoms with van der Waals surface area (Å²) in [4.78, 5) is 2.41.